The van der Waals surface area contributed by atoms with Crippen molar-refractivity contribution >= 4 is 29.1 Å². The zero-order valence-corrected chi connectivity index (χ0v) is 8.23. The Morgan fingerprint density at radius 1 is 1.42 bits per heavy atom. The number of benzene rings is 1. The van der Waals surface area contributed by atoms with Crippen LogP contribution >= 0.6 is 23.4 Å². The molecule has 0 amide bonds. The Morgan fingerprint density at radius 2 is 2.00 bits per heavy atom. The maximum absolute atomic E-state index is 10.8. The summed E-state index contributed by atoms with van der Waals surface area (Å²) in [5.74, 6) is -0.00878. The number of carbonyl (C=O) groups is 1. The number of thioether (sulfide) groups is 1. The molecule has 0 aliphatic rings. The van der Waals surface area contributed by atoms with Gasteiger partial charge in [-0.15, -0.1) is 11.6 Å². The molecular weight excluding hydrogens is 192 g/mol. The molecule has 1 unspecified atom stereocenters. The normalized spacial score (nSPS) is 12.5. The van der Waals surface area contributed by atoms with Crippen molar-refractivity contribution in [2.45, 2.75) is 16.5 Å². The van der Waals surface area contributed by atoms with Crippen LogP contribution in [-0.2, 0) is 4.79 Å². The van der Waals surface area contributed by atoms with Crippen LogP contribution in [0.4, 0.5) is 0 Å². The maximum Gasteiger partial charge on any atom is 0.158 e. The van der Waals surface area contributed by atoms with E-state index in [2.05, 4.69) is 0 Å². The van der Waals surface area contributed by atoms with Crippen LogP contribution in [0.2, 0.25) is 0 Å². The molecule has 3 heteroatoms. The van der Waals surface area contributed by atoms with Crippen LogP contribution in [0.1, 0.15) is 6.92 Å². The van der Waals surface area contributed by atoms with Crippen molar-refractivity contribution in [3.8, 4) is 0 Å². The highest BCUT2D eigenvalue weighted by atomic mass is 35.5. The SMILES string of the molecule is CC(=O)C(Cl)Sc1ccccc1. The second kappa shape index (κ2) is 4.53. The van der Waals surface area contributed by atoms with Gasteiger partial charge in [0.05, 0.1) is 0 Å². The lowest BCUT2D eigenvalue weighted by molar-refractivity contribution is -0.115. The average Bonchev–Trinajstić information content (AvgIpc) is 2.06. The Morgan fingerprint density at radius 3 is 2.50 bits per heavy atom. The summed E-state index contributed by atoms with van der Waals surface area (Å²) in [7, 11) is 0. The predicted molar refractivity (Wildman–Crippen MR) is 52.6 cm³/mol. The van der Waals surface area contributed by atoms with E-state index < -0.39 is 4.71 Å². The van der Waals surface area contributed by atoms with E-state index in [1.54, 1.807) is 0 Å². The molecular formula is C9H9ClOS. The van der Waals surface area contributed by atoms with E-state index in [4.69, 9.17) is 11.6 Å². The maximum atomic E-state index is 10.8. The molecule has 12 heavy (non-hydrogen) atoms. The third-order valence-electron chi connectivity index (χ3n) is 1.30. The number of hydrogen-bond acceptors (Lipinski definition) is 2. The molecule has 1 aromatic rings. The van der Waals surface area contributed by atoms with Gasteiger partial charge in [-0.25, -0.2) is 0 Å². The molecule has 0 radical (unpaired) electrons. The molecule has 64 valence electrons. The fourth-order valence-corrected chi connectivity index (χ4v) is 1.73. The zero-order valence-electron chi connectivity index (χ0n) is 6.66. The van der Waals surface area contributed by atoms with Crippen molar-refractivity contribution < 1.29 is 4.79 Å². The van der Waals surface area contributed by atoms with Crippen LogP contribution in [-0.4, -0.2) is 10.5 Å². The summed E-state index contributed by atoms with van der Waals surface area (Å²) in [6.07, 6.45) is 0. The number of rotatable bonds is 3. The van der Waals surface area contributed by atoms with Gasteiger partial charge in [0.25, 0.3) is 0 Å². The first-order valence-electron chi connectivity index (χ1n) is 3.56. The second-order valence-corrected chi connectivity index (χ2v) is 4.23. The van der Waals surface area contributed by atoms with Gasteiger partial charge in [-0.05, 0) is 19.1 Å². The number of hydrogen-bond donors (Lipinski definition) is 0. The fraction of sp³-hybridized carbons (Fsp3) is 0.222. The Hall–Kier alpha value is -0.470. The molecule has 0 N–H and O–H groups in total. The molecule has 0 fully saturated rings. The molecule has 0 aliphatic carbocycles. The van der Waals surface area contributed by atoms with Crippen molar-refractivity contribution in [1.29, 1.82) is 0 Å². The molecule has 1 rings (SSSR count). The van der Waals surface area contributed by atoms with E-state index >= 15 is 0 Å². The standard InChI is InChI=1S/C9H9ClOS/c1-7(11)9(10)12-8-5-3-2-4-6-8/h2-6,9H,1H3. The van der Waals surface area contributed by atoms with E-state index in [-0.39, 0.29) is 5.78 Å². The van der Waals surface area contributed by atoms with Crippen molar-refractivity contribution in [2.75, 3.05) is 0 Å². The van der Waals surface area contributed by atoms with E-state index in [1.165, 1.54) is 18.7 Å². The summed E-state index contributed by atoms with van der Waals surface area (Å²) in [6, 6.07) is 9.64. The van der Waals surface area contributed by atoms with Crippen molar-refractivity contribution in [2.24, 2.45) is 0 Å². The van der Waals surface area contributed by atoms with Gasteiger partial charge in [0, 0.05) is 4.90 Å². The molecule has 0 spiro atoms. The highest BCUT2D eigenvalue weighted by Crippen LogP contribution is 2.25. The number of carbonyl (C=O) groups excluding carboxylic acids is 1. The lowest BCUT2D eigenvalue weighted by atomic mass is 10.4. The lowest BCUT2D eigenvalue weighted by Gasteiger charge is -2.03. The second-order valence-electron chi connectivity index (χ2n) is 2.36. The van der Waals surface area contributed by atoms with Crippen LogP contribution in [0.15, 0.2) is 35.2 Å². The lowest BCUT2D eigenvalue weighted by Crippen LogP contribution is -2.04. The van der Waals surface area contributed by atoms with E-state index in [0.717, 1.165) is 4.90 Å². The first-order valence-corrected chi connectivity index (χ1v) is 4.88. The van der Waals surface area contributed by atoms with Gasteiger partial charge in [-0.2, -0.15) is 0 Å². The largest absolute Gasteiger partial charge is 0.297 e. The summed E-state index contributed by atoms with van der Waals surface area (Å²) in [6.45, 7) is 1.49. The molecule has 0 saturated heterocycles. The van der Waals surface area contributed by atoms with Crippen molar-refractivity contribution in [3.05, 3.63) is 30.3 Å². The summed E-state index contributed by atoms with van der Waals surface area (Å²) in [5.41, 5.74) is 0. The van der Waals surface area contributed by atoms with Gasteiger partial charge in [0.15, 0.2) is 5.78 Å². The Labute approximate surface area is 81.1 Å². The van der Waals surface area contributed by atoms with Gasteiger partial charge in [-0.3, -0.25) is 4.79 Å². The number of ketones is 1. The first kappa shape index (κ1) is 9.62. The van der Waals surface area contributed by atoms with E-state index in [9.17, 15) is 4.79 Å². The Balaban J connectivity index is 2.58. The first-order chi connectivity index (χ1) is 5.70. The van der Waals surface area contributed by atoms with Crippen LogP contribution in [0.5, 0.6) is 0 Å². The van der Waals surface area contributed by atoms with Gasteiger partial charge < -0.3 is 0 Å². The number of halogens is 1. The number of Topliss-reactive ketones (excluding diaryl/α,β-unsaturated/α-hetero) is 1. The van der Waals surface area contributed by atoms with Crippen LogP contribution in [0.25, 0.3) is 0 Å². The highest BCUT2D eigenvalue weighted by molar-refractivity contribution is 8.01. The fourth-order valence-electron chi connectivity index (χ4n) is 0.702. The molecule has 0 heterocycles. The van der Waals surface area contributed by atoms with Crippen LogP contribution < -0.4 is 0 Å². The van der Waals surface area contributed by atoms with Crippen molar-refractivity contribution in [3.63, 3.8) is 0 Å². The van der Waals surface area contributed by atoms with Gasteiger partial charge in [-0.1, -0.05) is 30.0 Å². The third kappa shape index (κ3) is 2.88. The Bertz CT molecular complexity index is 260. The number of alkyl halides is 1. The minimum absolute atomic E-state index is 0.00878. The van der Waals surface area contributed by atoms with E-state index in [1.807, 2.05) is 30.3 Å². The van der Waals surface area contributed by atoms with E-state index in [0.29, 0.717) is 0 Å². The van der Waals surface area contributed by atoms with Gasteiger partial charge in [0.1, 0.15) is 4.71 Å². The van der Waals surface area contributed by atoms with Crippen molar-refractivity contribution in [1.82, 2.24) is 0 Å². The smallest absolute Gasteiger partial charge is 0.158 e. The molecule has 1 nitrogen and oxygen atoms in total. The zero-order chi connectivity index (χ0) is 8.97. The molecule has 0 bridgehead atoms. The third-order valence-corrected chi connectivity index (χ3v) is 2.96. The Kier molecular flexibility index (Phi) is 3.63. The van der Waals surface area contributed by atoms with Crippen LogP contribution in [0.3, 0.4) is 0 Å². The minimum Gasteiger partial charge on any atom is -0.297 e. The molecule has 0 aromatic heterocycles. The molecule has 0 aliphatic heterocycles. The van der Waals surface area contributed by atoms with Crippen LogP contribution in [0, 0.1) is 0 Å². The summed E-state index contributed by atoms with van der Waals surface area (Å²) in [4.78, 5) is 11.8. The quantitative estimate of drug-likeness (QED) is 0.551. The minimum atomic E-state index is -0.465. The van der Waals surface area contributed by atoms with Gasteiger partial charge >= 0.3 is 0 Å². The summed E-state index contributed by atoms with van der Waals surface area (Å²) in [5, 5.41) is 0. The summed E-state index contributed by atoms with van der Waals surface area (Å²) >= 11 is 7.13. The monoisotopic (exact) mass is 200 g/mol. The summed E-state index contributed by atoms with van der Waals surface area (Å²) < 4.78 is -0.465. The van der Waals surface area contributed by atoms with Gasteiger partial charge in [0.2, 0.25) is 0 Å². The predicted octanol–water partition coefficient (Wildman–Crippen LogP) is 2.93. The highest BCUT2D eigenvalue weighted by Gasteiger charge is 2.10. The topological polar surface area (TPSA) is 17.1 Å². The molecule has 0 saturated carbocycles. The molecule has 1 aromatic carbocycles. The average molecular weight is 201 g/mol. The molecule has 1 atom stereocenters.